The van der Waals surface area contributed by atoms with Gasteiger partial charge in [0.15, 0.2) is 0 Å². The average Bonchev–Trinajstić information content (AvgIpc) is 2.87. The first-order chi connectivity index (χ1) is 8.84. The van der Waals surface area contributed by atoms with Gasteiger partial charge in [-0.3, -0.25) is 0 Å². The fourth-order valence-corrected chi connectivity index (χ4v) is 1.52. The first-order valence-corrected chi connectivity index (χ1v) is 5.93. The number of hydrogen-bond acceptors (Lipinski definition) is 4. The van der Waals surface area contributed by atoms with Gasteiger partial charge >= 0.3 is 0 Å². The third-order valence-corrected chi connectivity index (χ3v) is 2.38. The van der Waals surface area contributed by atoms with Crippen LogP contribution in [-0.4, -0.2) is 13.2 Å². The SMILES string of the molecule is Nc1cccc(OCCCOCc2ccco2)c1. The van der Waals surface area contributed by atoms with Crippen LogP contribution in [0.4, 0.5) is 5.69 Å². The molecule has 4 heteroatoms. The summed E-state index contributed by atoms with van der Waals surface area (Å²) in [5, 5.41) is 0. The molecular weight excluding hydrogens is 230 g/mol. The molecule has 0 radical (unpaired) electrons. The van der Waals surface area contributed by atoms with Crippen LogP contribution in [0.1, 0.15) is 12.2 Å². The van der Waals surface area contributed by atoms with Crippen LogP contribution in [0.15, 0.2) is 47.1 Å². The van der Waals surface area contributed by atoms with Gasteiger partial charge in [0, 0.05) is 18.2 Å². The van der Waals surface area contributed by atoms with Crippen LogP contribution < -0.4 is 10.5 Å². The van der Waals surface area contributed by atoms with Crippen molar-refractivity contribution in [2.24, 2.45) is 0 Å². The van der Waals surface area contributed by atoms with Crippen LogP contribution in [0.3, 0.4) is 0 Å². The van der Waals surface area contributed by atoms with E-state index < -0.39 is 0 Å². The third kappa shape index (κ3) is 4.14. The summed E-state index contributed by atoms with van der Waals surface area (Å²) < 4.78 is 16.1. The molecule has 0 saturated carbocycles. The molecule has 2 N–H and O–H groups in total. The molecular formula is C14H17NO3. The number of rotatable bonds is 7. The van der Waals surface area contributed by atoms with Gasteiger partial charge in [0.05, 0.1) is 19.5 Å². The van der Waals surface area contributed by atoms with Crippen molar-refractivity contribution in [2.45, 2.75) is 13.0 Å². The first-order valence-electron chi connectivity index (χ1n) is 5.93. The molecule has 0 atom stereocenters. The Morgan fingerprint density at radius 3 is 2.83 bits per heavy atom. The highest BCUT2D eigenvalue weighted by Gasteiger charge is 1.97. The summed E-state index contributed by atoms with van der Waals surface area (Å²) in [5.74, 6) is 1.63. The molecule has 1 aromatic heterocycles. The van der Waals surface area contributed by atoms with Crippen molar-refractivity contribution in [3.63, 3.8) is 0 Å². The maximum Gasteiger partial charge on any atom is 0.129 e. The molecule has 0 aliphatic heterocycles. The van der Waals surface area contributed by atoms with E-state index in [-0.39, 0.29) is 0 Å². The maximum absolute atomic E-state index is 5.65. The summed E-state index contributed by atoms with van der Waals surface area (Å²) in [5.41, 5.74) is 6.36. The second-order valence-electron chi connectivity index (χ2n) is 3.91. The van der Waals surface area contributed by atoms with E-state index in [1.165, 1.54) is 0 Å². The Morgan fingerprint density at radius 1 is 1.11 bits per heavy atom. The van der Waals surface area contributed by atoms with Crippen molar-refractivity contribution >= 4 is 5.69 Å². The Bertz CT molecular complexity index is 454. The van der Waals surface area contributed by atoms with Gasteiger partial charge in [-0.05, 0) is 24.3 Å². The van der Waals surface area contributed by atoms with Crippen LogP contribution in [-0.2, 0) is 11.3 Å². The fourth-order valence-electron chi connectivity index (χ4n) is 1.52. The average molecular weight is 247 g/mol. The number of ether oxygens (including phenoxy) is 2. The molecule has 96 valence electrons. The van der Waals surface area contributed by atoms with Crippen molar-refractivity contribution in [3.05, 3.63) is 48.4 Å². The summed E-state index contributed by atoms with van der Waals surface area (Å²) in [6.45, 7) is 1.76. The molecule has 0 aliphatic rings. The molecule has 18 heavy (non-hydrogen) atoms. The summed E-state index contributed by atoms with van der Waals surface area (Å²) in [6, 6.07) is 11.1. The minimum Gasteiger partial charge on any atom is -0.493 e. The Hall–Kier alpha value is -1.94. The molecule has 2 rings (SSSR count). The number of benzene rings is 1. The predicted molar refractivity (Wildman–Crippen MR) is 69.3 cm³/mol. The van der Waals surface area contributed by atoms with Gasteiger partial charge in [-0.15, -0.1) is 0 Å². The van der Waals surface area contributed by atoms with Crippen LogP contribution in [0.2, 0.25) is 0 Å². The molecule has 0 saturated heterocycles. The predicted octanol–water partition coefficient (Wildman–Crippen LogP) is 2.85. The summed E-state index contributed by atoms with van der Waals surface area (Å²) in [7, 11) is 0. The van der Waals surface area contributed by atoms with Crippen LogP contribution in [0.25, 0.3) is 0 Å². The molecule has 0 bridgehead atoms. The molecule has 4 nitrogen and oxygen atoms in total. The lowest BCUT2D eigenvalue weighted by Crippen LogP contribution is -2.03. The first kappa shape index (κ1) is 12.5. The molecule has 0 amide bonds. The summed E-state index contributed by atoms with van der Waals surface area (Å²) in [6.07, 6.45) is 2.47. The van der Waals surface area contributed by atoms with Gasteiger partial charge in [0.2, 0.25) is 0 Å². The Labute approximate surface area is 106 Å². The van der Waals surface area contributed by atoms with E-state index in [9.17, 15) is 0 Å². The van der Waals surface area contributed by atoms with Crippen LogP contribution >= 0.6 is 0 Å². The van der Waals surface area contributed by atoms with Crippen LogP contribution in [0, 0.1) is 0 Å². The van der Waals surface area contributed by atoms with Gasteiger partial charge < -0.3 is 19.6 Å². The zero-order chi connectivity index (χ0) is 12.6. The third-order valence-electron chi connectivity index (χ3n) is 2.38. The van der Waals surface area contributed by atoms with E-state index in [1.807, 2.05) is 36.4 Å². The number of furan rings is 1. The van der Waals surface area contributed by atoms with Crippen molar-refractivity contribution in [1.82, 2.24) is 0 Å². The fraction of sp³-hybridized carbons (Fsp3) is 0.286. The quantitative estimate of drug-likeness (QED) is 0.603. The Morgan fingerprint density at radius 2 is 2.06 bits per heavy atom. The largest absolute Gasteiger partial charge is 0.493 e. The summed E-state index contributed by atoms with van der Waals surface area (Å²) >= 11 is 0. The second kappa shape index (κ2) is 6.71. The lowest BCUT2D eigenvalue weighted by atomic mass is 10.3. The van der Waals surface area contributed by atoms with Gasteiger partial charge in [0.25, 0.3) is 0 Å². The summed E-state index contributed by atoms with van der Waals surface area (Å²) in [4.78, 5) is 0. The number of anilines is 1. The van der Waals surface area contributed by atoms with Gasteiger partial charge in [-0.25, -0.2) is 0 Å². The minimum atomic E-state index is 0.505. The van der Waals surface area contributed by atoms with E-state index in [2.05, 4.69) is 0 Å². The molecule has 0 fully saturated rings. The Kier molecular flexibility index (Phi) is 4.67. The molecule has 0 spiro atoms. The maximum atomic E-state index is 5.65. The zero-order valence-corrected chi connectivity index (χ0v) is 10.2. The number of nitrogens with two attached hydrogens (primary N) is 1. The van der Waals surface area contributed by atoms with Crippen molar-refractivity contribution in [2.75, 3.05) is 18.9 Å². The van der Waals surface area contributed by atoms with E-state index in [4.69, 9.17) is 19.6 Å². The number of nitrogen functional groups attached to an aromatic ring is 1. The lowest BCUT2D eigenvalue weighted by Gasteiger charge is -2.06. The van der Waals surface area contributed by atoms with Crippen LogP contribution in [0.5, 0.6) is 5.75 Å². The Balaban J connectivity index is 1.56. The van der Waals surface area contributed by atoms with Crippen molar-refractivity contribution in [1.29, 1.82) is 0 Å². The van der Waals surface area contributed by atoms with E-state index in [1.54, 1.807) is 6.26 Å². The van der Waals surface area contributed by atoms with E-state index in [0.717, 1.165) is 17.9 Å². The molecule has 0 aliphatic carbocycles. The van der Waals surface area contributed by atoms with Crippen molar-refractivity contribution < 1.29 is 13.9 Å². The zero-order valence-electron chi connectivity index (χ0n) is 10.2. The lowest BCUT2D eigenvalue weighted by molar-refractivity contribution is 0.0944. The van der Waals surface area contributed by atoms with Crippen molar-refractivity contribution in [3.8, 4) is 5.75 Å². The monoisotopic (exact) mass is 247 g/mol. The van der Waals surface area contributed by atoms with Gasteiger partial charge in [-0.1, -0.05) is 6.07 Å². The van der Waals surface area contributed by atoms with E-state index >= 15 is 0 Å². The van der Waals surface area contributed by atoms with Gasteiger partial charge in [-0.2, -0.15) is 0 Å². The highest BCUT2D eigenvalue weighted by molar-refractivity contribution is 5.43. The van der Waals surface area contributed by atoms with Gasteiger partial charge in [0.1, 0.15) is 18.1 Å². The topological polar surface area (TPSA) is 57.6 Å². The highest BCUT2D eigenvalue weighted by Crippen LogP contribution is 2.14. The van der Waals surface area contributed by atoms with E-state index in [0.29, 0.717) is 25.5 Å². The normalized spacial score (nSPS) is 10.4. The highest BCUT2D eigenvalue weighted by atomic mass is 16.5. The second-order valence-corrected chi connectivity index (χ2v) is 3.91. The number of hydrogen-bond donors (Lipinski definition) is 1. The standard InChI is InChI=1S/C14H17NO3/c15-12-4-1-5-13(10-12)17-9-3-7-16-11-14-6-2-8-18-14/h1-2,4-6,8,10H,3,7,9,11,15H2. The minimum absolute atomic E-state index is 0.505. The molecule has 0 unspecified atom stereocenters. The smallest absolute Gasteiger partial charge is 0.129 e. The molecule has 1 heterocycles. The molecule has 2 aromatic rings. The molecule has 1 aromatic carbocycles.